The van der Waals surface area contributed by atoms with Crippen molar-refractivity contribution in [1.29, 1.82) is 0 Å². The SMILES string of the molecule is Cc1noc(C)c1CSc1ncccc1C(=O)OCCOc1ccccc1. The van der Waals surface area contributed by atoms with Gasteiger partial charge in [-0.15, -0.1) is 11.8 Å². The molecule has 2 heterocycles. The molecule has 0 radical (unpaired) electrons. The normalized spacial score (nSPS) is 10.6. The number of ether oxygens (including phenoxy) is 2. The third kappa shape index (κ3) is 5.10. The molecular weight excluding hydrogens is 364 g/mol. The van der Waals surface area contributed by atoms with Crippen LogP contribution < -0.4 is 4.74 Å². The summed E-state index contributed by atoms with van der Waals surface area (Å²) in [7, 11) is 0. The zero-order valence-electron chi connectivity index (χ0n) is 15.2. The van der Waals surface area contributed by atoms with Crippen molar-refractivity contribution in [2.75, 3.05) is 13.2 Å². The fourth-order valence-electron chi connectivity index (χ4n) is 2.40. The molecule has 7 heteroatoms. The number of aryl methyl sites for hydroxylation is 2. The smallest absolute Gasteiger partial charge is 0.341 e. The van der Waals surface area contributed by atoms with Crippen molar-refractivity contribution in [3.63, 3.8) is 0 Å². The van der Waals surface area contributed by atoms with Crippen molar-refractivity contribution in [3.05, 3.63) is 71.2 Å². The lowest BCUT2D eigenvalue weighted by Gasteiger charge is -2.09. The van der Waals surface area contributed by atoms with E-state index in [1.54, 1.807) is 18.3 Å². The van der Waals surface area contributed by atoms with Crippen LogP contribution in [-0.4, -0.2) is 29.3 Å². The molecule has 2 aromatic heterocycles. The van der Waals surface area contributed by atoms with Gasteiger partial charge in [0.05, 0.1) is 11.3 Å². The number of aromatic nitrogens is 2. The molecule has 0 saturated carbocycles. The van der Waals surface area contributed by atoms with Crippen LogP contribution in [0.1, 0.15) is 27.4 Å². The van der Waals surface area contributed by atoms with E-state index >= 15 is 0 Å². The van der Waals surface area contributed by atoms with Crippen molar-refractivity contribution in [2.45, 2.75) is 24.6 Å². The van der Waals surface area contributed by atoms with E-state index in [1.165, 1.54) is 11.8 Å². The Hall–Kier alpha value is -2.80. The van der Waals surface area contributed by atoms with Crippen molar-refractivity contribution < 1.29 is 18.8 Å². The fraction of sp³-hybridized carbons (Fsp3) is 0.250. The van der Waals surface area contributed by atoms with Crippen LogP contribution in [0.5, 0.6) is 5.75 Å². The highest BCUT2D eigenvalue weighted by atomic mass is 32.2. The summed E-state index contributed by atoms with van der Waals surface area (Å²) in [5.74, 6) is 1.72. The number of rotatable bonds is 8. The van der Waals surface area contributed by atoms with Gasteiger partial charge in [-0.25, -0.2) is 9.78 Å². The molecular formula is C20H20N2O4S. The third-order valence-electron chi connectivity index (χ3n) is 3.85. The Labute approximate surface area is 161 Å². The molecule has 3 aromatic rings. The van der Waals surface area contributed by atoms with Crippen LogP contribution in [0.4, 0.5) is 0 Å². The largest absolute Gasteiger partial charge is 0.490 e. The molecule has 0 saturated heterocycles. The number of para-hydroxylation sites is 1. The molecule has 0 unspecified atom stereocenters. The van der Waals surface area contributed by atoms with E-state index in [9.17, 15) is 4.79 Å². The summed E-state index contributed by atoms with van der Waals surface area (Å²) in [6, 6.07) is 12.8. The van der Waals surface area contributed by atoms with Gasteiger partial charge in [0.1, 0.15) is 29.7 Å². The minimum atomic E-state index is -0.416. The Balaban J connectivity index is 1.55. The lowest BCUT2D eigenvalue weighted by molar-refractivity contribution is 0.0445. The number of pyridine rings is 1. The van der Waals surface area contributed by atoms with Gasteiger partial charge in [0, 0.05) is 17.5 Å². The molecule has 3 rings (SSSR count). The third-order valence-corrected chi connectivity index (χ3v) is 4.89. The molecule has 140 valence electrons. The van der Waals surface area contributed by atoms with Gasteiger partial charge in [-0.2, -0.15) is 0 Å². The molecule has 0 aliphatic rings. The van der Waals surface area contributed by atoms with Crippen LogP contribution in [0.2, 0.25) is 0 Å². The number of benzene rings is 1. The molecule has 0 fully saturated rings. The van der Waals surface area contributed by atoms with Gasteiger partial charge in [0.2, 0.25) is 0 Å². The first kappa shape index (κ1) is 19.0. The first-order chi connectivity index (χ1) is 13.1. The number of esters is 1. The molecule has 1 aromatic carbocycles. The maximum absolute atomic E-state index is 12.4. The summed E-state index contributed by atoms with van der Waals surface area (Å²) < 4.78 is 16.0. The molecule has 0 spiro atoms. The lowest BCUT2D eigenvalue weighted by Crippen LogP contribution is -2.13. The summed E-state index contributed by atoms with van der Waals surface area (Å²) in [6.07, 6.45) is 1.66. The minimum Gasteiger partial charge on any atom is -0.490 e. The second kappa shape index (κ2) is 9.23. The Morgan fingerprint density at radius 2 is 1.93 bits per heavy atom. The second-order valence-corrected chi connectivity index (χ2v) is 6.71. The van der Waals surface area contributed by atoms with E-state index in [-0.39, 0.29) is 13.2 Å². The fourth-order valence-corrected chi connectivity index (χ4v) is 3.53. The summed E-state index contributed by atoms with van der Waals surface area (Å²) in [4.78, 5) is 16.7. The molecule has 0 amide bonds. The number of carbonyl (C=O) groups is 1. The molecule has 0 atom stereocenters. The van der Waals surface area contributed by atoms with Crippen LogP contribution in [0.3, 0.4) is 0 Å². The monoisotopic (exact) mass is 384 g/mol. The van der Waals surface area contributed by atoms with Gasteiger partial charge in [-0.1, -0.05) is 23.4 Å². The van der Waals surface area contributed by atoms with Gasteiger partial charge in [0.25, 0.3) is 0 Å². The molecule has 0 aliphatic carbocycles. The van der Waals surface area contributed by atoms with Gasteiger partial charge in [-0.05, 0) is 38.1 Å². The molecule has 0 bridgehead atoms. The van der Waals surface area contributed by atoms with Crippen LogP contribution >= 0.6 is 11.8 Å². The number of thioether (sulfide) groups is 1. The predicted molar refractivity (Wildman–Crippen MR) is 102 cm³/mol. The van der Waals surface area contributed by atoms with Gasteiger partial charge >= 0.3 is 5.97 Å². The van der Waals surface area contributed by atoms with Crippen molar-refractivity contribution in [3.8, 4) is 5.75 Å². The van der Waals surface area contributed by atoms with E-state index in [4.69, 9.17) is 14.0 Å². The Kier molecular flexibility index (Phi) is 6.49. The quantitative estimate of drug-likeness (QED) is 0.327. The van der Waals surface area contributed by atoms with Crippen LogP contribution in [0.15, 0.2) is 58.2 Å². The highest BCUT2D eigenvalue weighted by molar-refractivity contribution is 7.98. The number of nitrogens with zero attached hydrogens (tertiary/aromatic N) is 2. The van der Waals surface area contributed by atoms with Crippen LogP contribution in [0, 0.1) is 13.8 Å². The lowest BCUT2D eigenvalue weighted by atomic mass is 10.2. The zero-order valence-corrected chi connectivity index (χ0v) is 16.0. The standard InChI is InChI=1S/C20H20N2O4S/c1-14-18(15(2)26-22-14)13-27-19-17(9-6-10-21-19)20(23)25-12-11-24-16-7-4-3-5-8-16/h3-10H,11-13H2,1-2H3. The predicted octanol–water partition coefficient (Wildman–Crippen LogP) is 4.21. The zero-order chi connectivity index (χ0) is 19.1. The van der Waals surface area contributed by atoms with E-state index in [0.717, 1.165) is 22.8 Å². The second-order valence-electron chi connectivity index (χ2n) is 5.74. The summed E-state index contributed by atoms with van der Waals surface area (Å²) >= 11 is 1.45. The Morgan fingerprint density at radius 1 is 1.11 bits per heavy atom. The van der Waals surface area contributed by atoms with E-state index in [2.05, 4.69) is 10.1 Å². The number of carbonyl (C=O) groups excluding carboxylic acids is 1. The average Bonchev–Trinajstić information content (AvgIpc) is 3.02. The van der Waals surface area contributed by atoms with E-state index in [1.807, 2.05) is 44.2 Å². The average molecular weight is 384 g/mol. The van der Waals surface area contributed by atoms with Crippen molar-refractivity contribution in [1.82, 2.24) is 10.1 Å². The first-order valence-corrected chi connectivity index (χ1v) is 9.48. The Bertz CT molecular complexity index is 877. The van der Waals surface area contributed by atoms with Gasteiger partial charge in [-0.3, -0.25) is 0 Å². The van der Waals surface area contributed by atoms with Gasteiger partial charge in [0.15, 0.2) is 0 Å². The van der Waals surface area contributed by atoms with Crippen LogP contribution in [-0.2, 0) is 10.5 Å². The number of hydrogen-bond donors (Lipinski definition) is 0. The first-order valence-electron chi connectivity index (χ1n) is 8.49. The van der Waals surface area contributed by atoms with E-state index < -0.39 is 5.97 Å². The topological polar surface area (TPSA) is 74.5 Å². The maximum atomic E-state index is 12.4. The molecule has 0 aliphatic heterocycles. The summed E-state index contributed by atoms with van der Waals surface area (Å²) in [5.41, 5.74) is 2.30. The summed E-state index contributed by atoms with van der Waals surface area (Å²) in [5, 5.41) is 4.56. The van der Waals surface area contributed by atoms with E-state index in [0.29, 0.717) is 16.3 Å². The van der Waals surface area contributed by atoms with Gasteiger partial charge < -0.3 is 14.0 Å². The summed E-state index contributed by atoms with van der Waals surface area (Å²) in [6.45, 7) is 4.22. The molecule has 6 nitrogen and oxygen atoms in total. The Morgan fingerprint density at radius 3 is 2.67 bits per heavy atom. The van der Waals surface area contributed by atoms with Crippen LogP contribution in [0.25, 0.3) is 0 Å². The maximum Gasteiger partial charge on any atom is 0.341 e. The minimum absolute atomic E-state index is 0.163. The highest BCUT2D eigenvalue weighted by Gasteiger charge is 2.16. The molecule has 0 N–H and O–H groups in total. The highest BCUT2D eigenvalue weighted by Crippen LogP contribution is 2.27. The van der Waals surface area contributed by atoms with Crippen molar-refractivity contribution in [2.24, 2.45) is 0 Å². The van der Waals surface area contributed by atoms with Crippen molar-refractivity contribution >= 4 is 17.7 Å². The number of hydrogen-bond acceptors (Lipinski definition) is 7. The molecule has 27 heavy (non-hydrogen) atoms.